The molecule has 0 heterocycles. The minimum absolute atomic E-state index is 0.345. The maximum atomic E-state index is 8.91. The molecule has 140 valence electrons. The predicted octanol–water partition coefficient (Wildman–Crippen LogP) is 5.70. The first-order valence-corrected chi connectivity index (χ1v) is 12.0. The molecule has 0 saturated carbocycles. The Kier molecular flexibility index (Phi) is 5.00. The van der Waals surface area contributed by atoms with Crippen LogP contribution in [0.1, 0.15) is 37.4 Å². The SMILES string of the molecule is [2H]C([2H])(I)c1ccc(C([2H])([2H])O[Si](c2ccccc2)(c2ccccc2)C(C)(C)C)cc1. The summed E-state index contributed by atoms with van der Waals surface area (Å²) in [7, 11) is -3.07. The summed E-state index contributed by atoms with van der Waals surface area (Å²) in [6.07, 6.45) is 0. The van der Waals surface area contributed by atoms with Crippen LogP contribution in [-0.4, -0.2) is 8.32 Å². The zero-order chi connectivity index (χ0) is 22.9. The van der Waals surface area contributed by atoms with Crippen molar-refractivity contribution in [2.45, 2.75) is 36.7 Å². The maximum Gasteiger partial charge on any atom is 0.261 e. The number of benzene rings is 3. The first-order chi connectivity index (χ1) is 14.4. The summed E-state index contributed by atoms with van der Waals surface area (Å²) in [5.41, 5.74) is 0.878. The highest BCUT2D eigenvalue weighted by Crippen LogP contribution is 2.37. The van der Waals surface area contributed by atoms with E-state index in [9.17, 15) is 0 Å². The molecule has 0 atom stereocenters. The smallest absolute Gasteiger partial charge is 0.261 e. The first kappa shape index (κ1) is 15.5. The topological polar surface area (TPSA) is 9.23 Å². The van der Waals surface area contributed by atoms with Gasteiger partial charge in [-0.25, -0.2) is 0 Å². The molecule has 0 aromatic heterocycles. The fourth-order valence-electron chi connectivity index (χ4n) is 3.39. The van der Waals surface area contributed by atoms with Crippen molar-refractivity contribution in [3.63, 3.8) is 0 Å². The number of hydrogen-bond acceptors (Lipinski definition) is 1. The van der Waals surface area contributed by atoms with E-state index in [1.165, 1.54) is 0 Å². The van der Waals surface area contributed by atoms with E-state index >= 15 is 0 Å². The third-order valence-electron chi connectivity index (χ3n) is 4.73. The first-order valence-electron chi connectivity index (χ1n) is 11.0. The van der Waals surface area contributed by atoms with E-state index in [2.05, 4.69) is 20.8 Å². The molecule has 3 aromatic carbocycles. The lowest BCUT2D eigenvalue weighted by molar-refractivity contribution is 0.286. The van der Waals surface area contributed by atoms with Crippen LogP contribution in [0.5, 0.6) is 0 Å². The van der Waals surface area contributed by atoms with Crippen molar-refractivity contribution in [2.24, 2.45) is 0 Å². The van der Waals surface area contributed by atoms with Crippen molar-refractivity contribution in [2.75, 3.05) is 0 Å². The minimum atomic E-state index is -3.07. The Hall–Kier alpha value is -1.43. The molecule has 27 heavy (non-hydrogen) atoms. The van der Waals surface area contributed by atoms with Crippen molar-refractivity contribution in [3.05, 3.63) is 96.1 Å². The number of alkyl halides is 1. The summed E-state index contributed by atoms with van der Waals surface area (Å²) in [5, 5.41) is 1.68. The molecule has 0 spiro atoms. The molecule has 0 amide bonds. The highest BCUT2D eigenvalue weighted by atomic mass is 127. The molecule has 0 fully saturated rings. The van der Waals surface area contributed by atoms with Crippen LogP contribution in [-0.2, 0) is 15.4 Å². The zero-order valence-electron chi connectivity index (χ0n) is 19.9. The summed E-state index contributed by atoms with van der Waals surface area (Å²) in [4.78, 5) is 0. The molecule has 3 aromatic rings. The van der Waals surface area contributed by atoms with E-state index in [1.54, 1.807) is 46.9 Å². The Morgan fingerprint density at radius 2 is 1.22 bits per heavy atom. The molecule has 0 saturated heterocycles. The summed E-state index contributed by atoms with van der Waals surface area (Å²) in [6.45, 7) is 4.29. The fraction of sp³-hybridized carbons (Fsp3) is 0.250. The van der Waals surface area contributed by atoms with Gasteiger partial charge in [-0.2, -0.15) is 0 Å². The average Bonchev–Trinajstić information content (AvgIpc) is 2.72. The summed E-state index contributed by atoms with van der Waals surface area (Å²) >= 11 is 1.74. The third kappa shape index (κ3) is 4.36. The van der Waals surface area contributed by atoms with Crippen LogP contribution in [0.4, 0.5) is 0 Å². The Morgan fingerprint density at radius 3 is 1.63 bits per heavy atom. The monoisotopic (exact) mass is 490 g/mol. The Bertz CT molecular complexity index is 958. The predicted molar refractivity (Wildman–Crippen MR) is 127 cm³/mol. The van der Waals surface area contributed by atoms with Gasteiger partial charge in [-0.15, -0.1) is 0 Å². The second kappa shape index (κ2) is 8.72. The molecule has 0 N–H and O–H groups in total. The van der Waals surface area contributed by atoms with E-state index in [-0.39, 0.29) is 5.04 Å². The van der Waals surface area contributed by atoms with Crippen LogP contribution in [0, 0.1) is 0 Å². The van der Waals surface area contributed by atoms with Crippen molar-refractivity contribution in [1.82, 2.24) is 0 Å². The van der Waals surface area contributed by atoms with Gasteiger partial charge in [0.05, 0.1) is 9.30 Å². The molecule has 0 radical (unpaired) electrons. The Balaban J connectivity index is 2.16. The van der Waals surface area contributed by atoms with Crippen LogP contribution in [0.25, 0.3) is 0 Å². The highest BCUT2D eigenvalue weighted by molar-refractivity contribution is 14.1. The van der Waals surface area contributed by atoms with E-state index in [0.717, 1.165) is 10.4 Å². The molecule has 0 aliphatic carbocycles. The molecule has 0 aliphatic rings. The molecule has 1 nitrogen and oxygen atoms in total. The van der Waals surface area contributed by atoms with Gasteiger partial charge in [-0.3, -0.25) is 0 Å². The molecule has 3 rings (SSSR count). The fourth-order valence-corrected chi connectivity index (χ4v) is 7.95. The largest absolute Gasteiger partial charge is 0.403 e. The average molecular weight is 490 g/mol. The van der Waals surface area contributed by atoms with Crippen LogP contribution in [0.3, 0.4) is 0 Å². The zero-order valence-corrected chi connectivity index (χ0v) is 19.0. The molecule has 0 aliphatic heterocycles. The molecule has 3 heteroatoms. The van der Waals surface area contributed by atoms with Crippen molar-refractivity contribution >= 4 is 41.3 Å². The Labute approximate surface area is 183 Å². The van der Waals surface area contributed by atoms with Gasteiger partial charge in [-0.1, -0.05) is 128 Å². The van der Waals surface area contributed by atoms with Crippen molar-refractivity contribution in [3.8, 4) is 0 Å². The number of rotatable bonds is 6. The van der Waals surface area contributed by atoms with Crippen LogP contribution >= 0.6 is 22.6 Å². The van der Waals surface area contributed by atoms with E-state index < -0.39 is 19.3 Å². The maximum absolute atomic E-state index is 8.91. The Morgan fingerprint density at radius 1 is 0.778 bits per heavy atom. The normalized spacial score (nSPS) is 15.4. The summed E-state index contributed by atoms with van der Waals surface area (Å²) < 4.78 is 38.7. The lowest BCUT2D eigenvalue weighted by Gasteiger charge is -2.43. The highest BCUT2D eigenvalue weighted by Gasteiger charge is 2.50. The molecular formula is C24H27IOSi. The minimum Gasteiger partial charge on any atom is -0.403 e. The molecule has 0 bridgehead atoms. The third-order valence-corrected chi connectivity index (χ3v) is 10.2. The summed E-state index contributed by atoms with van der Waals surface area (Å²) in [5.74, 6) is 0. The van der Waals surface area contributed by atoms with Crippen molar-refractivity contribution in [1.29, 1.82) is 0 Å². The van der Waals surface area contributed by atoms with Crippen molar-refractivity contribution < 1.29 is 9.91 Å². The van der Waals surface area contributed by atoms with Crippen LogP contribution in [0.15, 0.2) is 84.9 Å². The van der Waals surface area contributed by atoms with Gasteiger partial charge in [0, 0.05) is 7.12 Å². The van der Waals surface area contributed by atoms with E-state index in [4.69, 9.17) is 9.91 Å². The van der Waals surface area contributed by atoms with E-state index in [1.807, 2.05) is 60.7 Å². The number of hydrogen-bond donors (Lipinski definition) is 0. The van der Waals surface area contributed by atoms with Crippen LogP contribution in [0.2, 0.25) is 5.04 Å². The van der Waals surface area contributed by atoms with Gasteiger partial charge in [0.2, 0.25) is 0 Å². The second-order valence-electron chi connectivity index (χ2n) is 7.54. The molecular weight excluding hydrogens is 459 g/mol. The van der Waals surface area contributed by atoms with Gasteiger partial charge < -0.3 is 4.43 Å². The standard InChI is InChI=1S/C24H27IOSi/c1-24(2,3)27(22-10-6-4-7-11-22,23-12-8-5-9-13-23)26-19-21-16-14-20(18-25)15-17-21/h4-17H,18-19H2,1-3H3/i18D2,19D2. The lowest BCUT2D eigenvalue weighted by atomic mass is 10.2. The van der Waals surface area contributed by atoms with Crippen LogP contribution < -0.4 is 10.4 Å². The van der Waals surface area contributed by atoms with Gasteiger partial charge in [-0.05, 0) is 26.5 Å². The van der Waals surface area contributed by atoms with E-state index in [0.29, 0.717) is 11.1 Å². The van der Waals surface area contributed by atoms with Gasteiger partial charge in [0.15, 0.2) is 0 Å². The van der Waals surface area contributed by atoms with Gasteiger partial charge >= 0.3 is 0 Å². The molecule has 0 unspecified atom stereocenters. The second-order valence-corrected chi connectivity index (χ2v) is 12.3. The van der Waals surface area contributed by atoms with Gasteiger partial charge in [0.1, 0.15) is 0 Å². The summed E-state index contributed by atoms with van der Waals surface area (Å²) in [6, 6.07) is 26.5. The number of halogens is 1. The lowest BCUT2D eigenvalue weighted by Crippen LogP contribution is -2.66. The quantitative estimate of drug-likeness (QED) is 0.245. The van der Waals surface area contributed by atoms with Gasteiger partial charge in [0.25, 0.3) is 8.32 Å².